The second kappa shape index (κ2) is 6.20. The number of tetrazole rings is 1. The van der Waals surface area contributed by atoms with Crippen molar-refractivity contribution >= 4 is 29.3 Å². The molecule has 0 aromatic carbocycles. The monoisotopic (exact) mass is 299 g/mol. The van der Waals surface area contributed by atoms with E-state index < -0.39 is 0 Å². The number of aryl methyl sites for hydroxylation is 3. The topological polar surface area (TPSA) is 69.5 Å². The number of thioether (sulfide) groups is 2. The van der Waals surface area contributed by atoms with Crippen LogP contribution in [0.5, 0.6) is 0 Å². The Morgan fingerprint density at radius 1 is 1.37 bits per heavy atom. The molecule has 0 fully saturated rings. The molecule has 0 amide bonds. The minimum Gasteiger partial charge on any atom is -0.298 e. The van der Waals surface area contributed by atoms with Crippen LogP contribution in [0.4, 0.5) is 0 Å². The molecule has 0 aliphatic carbocycles. The Hall–Kier alpha value is -1.35. The van der Waals surface area contributed by atoms with Gasteiger partial charge in [-0.15, -0.1) is 5.10 Å². The van der Waals surface area contributed by atoms with Gasteiger partial charge < -0.3 is 0 Å². The Labute approximate surface area is 119 Å². The van der Waals surface area contributed by atoms with Crippen molar-refractivity contribution in [3.8, 4) is 0 Å². The average molecular weight is 299 g/mol. The molecule has 9 heteroatoms. The minimum absolute atomic E-state index is 0.166. The Balaban J connectivity index is 1.81. The Morgan fingerprint density at radius 3 is 2.68 bits per heavy atom. The highest BCUT2D eigenvalue weighted by atomic mass is 32.2. The first-order valence-corrected chi connectivity index (χ1v) is 7.55. The highest BCUT2D eigenvalue weighted by molar-refractivity contribution is 8.01. The molecule has 19 heavy (non-hydrogen) atoms. The summed E-state index contributed by atoms with van der Waals surface area (Å²) in [7, 11) is 5.69. The number of carbonyl (C=O) groups is 1. The third kappa shape index (κ3) is 3.57. The number of hydrogen-bond donors (Lipinski definition) is 0. The third-order valence-corrected chi connectivity index (χ3v) is 4.79. The van der Waals surface area contributed by atoms with Gasteiger partial charge in [-0.05, 0) is 22.2 Å². The maximum atomic E-state index is 11.8. The molecule has 0 bridgehead atoms. The van der Waals surface area contributed by atoms with Crippen molar-refractivity contribution in [1.29, 1.82) is 0 Å². The van der Waals surface area contributed by atoms with Gasteiger partial charge >= 0.3 is 5.16 Å². The number of imidazole rings is 1. The molecule has 7 nitrogen and oxygen atoms in total. The molecule has 0 saturated carbocycles. The van der Waals surface area contributed by atoms with Crippen molar-refractivity contribution in [3.63, 3.8) is 0 Å². The van der Waals surface area contributed by atoms with Crippen LogP contribution in [0.3, 0.4) is 0 Å². The maximum absolute atomic E-state index is 11.8. The Kier molecular flexibility index (Phi) is 4.59. The third-order valence-electron chi connectivity index (χ3n) is 2.42. The predicted octanol–water partition coefficient (Wildman–Crippen LogP) is -0.173. The van der Waals surface area contributed by atoms with Crippen LogP contribution in [0.2, 0.25) is 0 Å². The van der Waals surface area contributed by atoms with Gasteiger partial charge in [-0.2, -0.15) is 0 Å². The number of Topliss-reactive ketones (excluding diaryl/α,β-unsaturated/α-hetero) is 1. The van der Waals surface area contributed by atoms with Crippen LogP contribution in [0.1, 0.15) is 0 Å². The van der Waals surface area contributed by atoms with Gasteiger partial charge in [-0.3, -0.25) is 4.79 Å². The van der Waals surface area contributed by atoms with Crippen molar-refractivity contribution < 1.29 is 9.36 Å². The molecule has 0 unspecified atom stereocenters. The van der Waals surface area contributed by atoms with Crippen LogP contribution in [0, 0.1) is 0 Å². The van der Waals surface area contributed by atoms with Crippen molar-refractivity contribution in [1.82, 2.24) is 24.8 Å². The zero-order chi connectivity index (χ0) is 13.8. The summed E-state index contributed by atoms with van der Waals surface area (Å²) in [5.41, 5.74) is 0. The van der Waals surface area contributed by atoms with Crippen molar-refractivity contribution in [2.75, 3.05) is 11.5 Å². The summed E-state index contributed by atoms with van der Waals surface area (Å²) >= 11 is 2.89. The van der Waals surface area contributed by atoms with Gasteiger partial charge in [-0.1, -0.05) is 11.8 Å². The fourth-order valence-corrected chi connectivity index (χ4v) is 3.22. The van der Waals surface area contributed by atoms with Crippen molar-refractivity contribution in [2.24, 2.45) is 21.1 Å². The van der Waals surface area contributed by atoms with Gasteiger partial charge in [0, 0.05) is 7.05 Å². The van der Waals surface area contributed by atoms with Crippen molar-refractivity contribution in [3.05, 3.63) is 12.4 Å². The molecule has 2 rings (SSSR count). The summed E-state index contributed by atoms with van der Waals surface area (Å²) in [6.45, 7) is 0. The molecular weight excluding hydrogens is 284 g/mol. The molecule has 102 valence electrons. The molecule has 0 N–H and O–H groups in total. The molecule has 2 aromatic rings. The lowest BCUT2D eigenvalue weighted by Crippen LogP contribution is -2.29. The van der Waals surface area contributed by atoms with Crippen LogP contribution in [-0.4, -0.2) is 42.1 Å². The summed E-state index contributed by atoms with van der Waals surface area (Å²) in [6, 6.07) is 0. The zero-order valence-corrected chi connectivity index (χ0v) is 12.6. The summed E-state index contributed by atoms with van der Waals surface area (Å²) in [5.74, 6) is 0.999. The van der Waals surface area contributed by atoms with Crippen molar-refractivity contribution in [2.45, 2.75) is 10.3 Å². The highest BCUT2D eigenvalue weighted by Gasteiger charge is 2.15. The van der Waals surface area contributed by atoms with Gasteiger partial charge in [0.15, 0.2) is 5.78 Å². The second-order valence-electron chi connectivity index (χ2n) is 4.00. The molecule has 0 spiro atoms. The van der Waals surface area contributed by atoms with Gasteiger partial charge in [0.1, 0.15) is 12.4 Å². The zero-order valence-electron chi connectivity index (χ0n) is 11.0. The van der Waals surface area contributed by atoms with E-state index in [-0.39, 0.29) is 5.78 Å². The van der Waals surface area contributed by atoms with E-state index in [2.05, 4.69) is 15.5 Å². The van der Waals surface area contributed by atoms with E-state index in [0.717, 1.165) is 5.16 Å². The minimum atomic E-state index is 0.166. The Morgan fingerprint density at radius 2 is 2.11 bits per heavy atom. The number of carbonyl (C=O) groups excluding carboxylic acids is 1. The SMILES string of the molecule is Cn1cc[n+](C)c1SCC(=O)CSc1nnnn1C. The Bertz CT molecular complexity index is 559. The van der Waals surface area contributed by atoms with E-state index >= 15 is 0 Å². The van der Waals surface area contributed by atoms with E-state index in [4.69, 9.17) is 0 Å². The quantitative estimate of drug-likeness (QED) is 0.545. The lowest BCUT2D eigenvalue weighted by Gasteiger charge is -1.99. The standard InChI is InChI=1S/C10H15N6OS2/c1-14-4-5-15(2)10(14)19-7-8(17)6-18-9-11-12-13-16(9)3/h4-5H,6-7H2,1-3H3/q+1. The number of ketones is 1. The first-order chi connectivity index (χ1) is 9.08. The fraction of sp³-hybridized carbons (Fsp3) is 0.500. The molecule has 0 radical (unpaired) electrons. The van der Waals surface area contributed by atoms with Gasteiger partial charge in [0.2, 0.25) is 5.16 Å². The van der Waals surface area contributed by atoms with Crippen LogP contribution in [-0.2, 0) is 25.9 Å². The smallest absolute Gasteiger partial charge is 0.298 e. The van der Waals surface area contributed by atoms with Crippen LogP contribution in [0.15, 0.2) is 22.7 Å². The summed E-state index contributed by atoms with van der Waals surface area (Å²) in [4.78, 5) is 11.8. The number of nitrogens with zero attached hydrogens (tertiary/aromatic N) is 6. The largest absolute Gasteiger partial charge is 0.317 e. The number of rotatable bonds is 6. The summed E-state index contributed by atoms with van der Waals surface area (Å²) in [6.07, 6.45) is 3.93. The van der Waals surface area contributed by atoms with E-state index in [0.29, 0.717) is 16.7 Å². The molecule has 2 heterocycles. The van der Waals surface area contributed by atoms with Crippen LogP contribution < -0.4 is 4.57 Å². The van der Waals surface area contributed by atoms with Crippen LogP contribution >= 0.6 is 23.5 Å². The van der Waals surface area contributed by atoms with E-state index in [1.54, 1.807) is 11.7 Å². The summed E-state index contributed by atoms with van der Waals surface area (Å²) < 4.78 is 5.55. The lowest BCUT2D eigenvalue weighted by molar-refractivity contribution is -0.709. The first kappa shape index (κ1) is 14.1. The predicted molar refractivity (Wildman–Crippen MR) is 71.8 cm³/mol. The van der Waals surface area contributed by atoms with Crippen LogP contribution in [0.25, 0.3) is 0 Å². The second-order valence-corrected chi connectivity index (χ2v) is 5.89. The van der Waals surface area contributed by atoms with Gasteiger partial charge in [0.25, 0.3) is 0 Å². The van der Waals surface area contributed by atoms with Gasteiger partial charge in [-0.25, -0.2) is 13.8 Å². The van der Waals surface area contributed by atoms with E-state index in [9.17, 15) is 4.79 Å². The molecule has 0 aliphatic rings. The van der Waals surface area contributed by atoms with E-state index in [1.807, 2.05) is 35.6 Å². The molecule has 0 atom stereocenters. The molecule has 2 aromatic heterocycles. The molecular formula is C10H15N6OS2+. The number of aromatic nitrogens is 6. The first-order valence-electron chi connectivity index (χ1n) is 5.58. The maximum Gasteiger partial charge on any atom is 0.317 e. The summed E-state index contributed by atoms with van der Waals surface area (Å²) in [5, 5.41) is 12.8. The molecule has 0 aliphatic heterocycles. The highest BCUT2D eigenvalue weighted by Crippen LogP contribution is 2.16. The molecule has 0 saturated heterocycles. The number of hydrogen-bond acceptors (Lipinski definition) is 6. The normalized spacial score (nSPS) is 10.9. The fourth-order valence-electron chi connectivity index (χ4n) is 1.46. The lowest BCUT2D eigenvalue weighted by atomic mass is 10.5. The van der Waals surface area contributed by atoms with Gasteiger partial charge in [0.05, 0.1) is 25.6 Å². The average Bonchev–Trinajstić information content (AvgIpc) is 2.92. The van der Waals surface area contributed by atoms with E-state index in [1.165, 1.54) is 23.5 Å².